The Morgan fingerprint density at radius 2 is 2.21 bits per heavy atom. The molecule has 0 bridgehead atoms. The maximum Gasteiger partial charge on any atom is 0.240 e. The molecule has 0 amide bonds. The topological polar surface area (TPSA) is 57.4 Å². The molecule has 0 saturated carbocycles. The summed E-state index contributed by atoms with van der Waals surface area (Å²) in [5, 5.41) is 0. The lowest BCUT2D eigenvalue weighted by atomic mass is 10.3. The summed E-state index contributed by atoms with van der Waals surface area (Å²) < 4.78 is 10.4. The highest BCUT2D eigenvalue weighted by Gasteiger charge is 2.03. The molecule has 78 valence electrons. The Morgan fingerprint density at radius 3 is 2.86 bits per heavy atom. The number of nitrogen functional groups attached to an aromatic ring is 1. The number of methoxy groups -OCH3 is 1. The van der Waals surface area contributed by atoms with Gasteiger partial charge in [-0.1, -0.05) is 13.3 Å². The van der Waals surface area contributed by atoms with E-state index in [-0.39, 0.29) is 0 Å². The molecule has 1 aromatic heterocycles. The molecule has 0 saturated heterocycles. The van der Waals surface area contributed by atoms with E-state index in [0.29, 0.717) is 24.1 Å². The number of unbranched alkanes of at least 4 members (excludes halogenated alkanes) is 1. The van der Waals surface area contributed by atoms with Crippen LogP contribution in [0, 0.1) is 0 Å². The lowest BCUT2D eigenvalue weighted by molar-refractivity contribution is 0.293. The second-order valence-corrected chi connectivity index (χ2v) is 2.95. The van der Waals surface area contributed by atoms with Crippen LogP contribution in [-0.4, -0.2) is 18.7 Å². The van der Waals surface area contributed by atoms with Crippen molar-refractivity contribution in [2.75, 3.05) is 19.5 Å². The number of anilines is 1. The molecule has 0 unspecified atom stereocenters. The number of hydrogen-bond acceptors (Lipinski definition) is 4. The van der Waals surface area contributed by atoms with Crippen LogP contribution in [0.15, 0.2) is 12.1 Å². The summed E-state index contributed by atoms with van der Waals surface area (Å²) in [6, 6.07) is 3.44. The molecule has 0 aliphatic rings. The van der Waals surface area contributed by atoms with Crippen molar-refractivity contribution in [2.24, 2.45) is 0 Å². The molecule has 2 N–H and O–H groups in total. The molecule has 0 aromatic carbocycles. The zero-order valence-corrected chi connectivity index (χ0v) is 8.62. The van der Waals surface area contributed by atoms with Crippen LogP contribution in [-0.2, 0) is 0 Å². The van der Waals surface area contributed by atoms with Gasteiger partial charge in [0.1, 0.15) is 0 Å². The van der Waals surface area contributed by atoms with Gasteiger partial charge >= 0.3 is 0 Å². The van der Waals surface area contributed by atoms with Crippen molar-refractivity contribution >= 4 is 5.69 Å². The first kappa shape index (κ1) is 10.6. The molecule has 0 aliphatic heterocycles. The Bertz CT molecular complexity index is 289. The van der Waals surface area contributed by atoms with Crippen molar-refractivity contribution in [1.82, 2.24) is 4.98 Å². The third-order valence-corrected chi connectivity index (χ3v) is 1.81. The highest BCUT2D eigenvalue weighted by molar-refractivity contribution is 5.49. The summed E-state index contributed by atoms with van der Waals surface area (Å²) >= 11 is 0. The fourth-order valence-corrected chi connectivity index (χ4v) is 0.977. The highest BCUT2D eigenvalue weighted by Crippen LogP contribution is 2.21. The van der Waals surface area contributed by atoms with Crippen LogP contribution in [0.3, 0.4) is 0 Å². The standard InChI is InChI=1S/C10H16N2O2/c1-3-4-7-14-10-8(11)5-6-9(12-10)13-2/h5-6H,3-4,7,11H2,1-2H3. The Hall–Kier alpha value is -1.45. The van der Waals surface area contributed by atoms with Crippen LogP contribution in [0.5, 0.6) is 11.8 Å². The van der Waals surface area contributed by atoms with Gasteiger partial charge in [0.15, 0.2) is 0 Å². The number of rotatable bonds is 5. The van der Waals surface area contributed by atoms with E-state index in [2.05, 4.69) is 11.9 Å². The smallest absolute Gasteiger partial charge is 0.240 e. The van der Waals surface area contributed by atoms with Gasteiger partial charge in [0.05, 0.1) is 19.4 Å². The third kappa shape index (κ3) is 2.80. The molecule has 0 aliphatic carbocycles. The van der Waals surface area contributed by atoms with E-state index in [0.717, 1.165) is 12.8 Å². The van der Waals surface area contributed by atoms with Crippen LogP contribution in [0.4, 0.5) is 5.69 Å². The Balaban J connectivity index is 2.64. The van der Waals surface area contributed by atoms with Gasteiger partial charge in [-0.15, -0.1) is 0 Å². The molecule has 4 nitrogen and oxygen atoms in total. The first-order valence-corrected chi connectivity index (χ1v) is 4.71. The maximum atomic E-state index is 5.68. The van der Waals surface area contributed by atoms with Crippen LogP contribution in [0.1, 0.15) is 19.8 Å². The number of nitrogens with two attached hydrogens (primary N) is 1. The molecule has 1 rings (SSSR count). The van der Waals surface area contributed by atoms with E-state index in [1.165, 1.54) is 0 Å². The van der Waals surface area contributed by atoms with Crippen molar-refractivity contribution in [1.29, 1.82) is 0 Å². The van der Waals surface area contributed by atoms with E-state index in [9.17, 15) is 0 Å². The number of aromatic nitrogens is 1. The molecular formula is C10H16N2O2. The van der Waals surface area contributed by atoms with Crippen molar-refractivity contribution in [3.63, 3.8) is 0 Å². The van der Waals surface area contributed by atoms with Crippen LogP contribution < -0.4 is 15.2 Å². The first-order valence-electron chi connectivity index (χ1n) is 4.71. The maximum absolute atomic E-state index is 5.68. The molecule has 0 fully saturated rings. The monoisotopic (exact) mass is 196 g/mol. The largest absolute Gasteiger partial charge is 0.481 e. The van der Waals surface area contributed by atoms with Gasteiger partial charge in [0, 0.05) is 6.07 Å². The number of ether oxygens (including phenoxy) is 2. The molecule has 4 heteroatoms. The summed E-state index contributed by atoms with van der Waals surface area (Å²) in [6.45, 7) is 2.74. The van der Waals surface area contributed by atoms with Crippen molar-refractivity contribution in [2.45, 2.75) is 19.8 Å². The van der Waals surface area contributed by atoms with Gasteiger partial charge in [-0.2, -0.15) is 4.98 Å². The van der Waals surface area contributed by atoms with Gasteiger partial charge in [-0.05, 0) is 12.5 Å². The third-order valence-electron chi connectivity index (χ3n) is 1.81. The minimum absolute atomic E-state index is 0.456. The number of pyridine rings is 1. The number of nitrogens with zero attached hydrogens (tertiary/aromatic N) is 1. The normalized spacial score (nSPS) is 9.86. The van der Waals surface area contributed by atoms with Crippen molar-refractivity contribution < 1.29 is 9.47 Å². The Labute approximate surface area is 84.0 Å². The predicted octanol–water partition coefficient (Wildman–Crippen LogP) is 1.85. The molecule has 0 atom stereocenters. The second-order valence-electron chi connectivity index (χ2n) is 2.95. The number of hydrogen-bond donors (Lipinski definition) is 1. The summed E-state index contributed by atoms with van der Waals surface area (Å²) in [7, 11) is 1.56. The average molecular weight is 196 g/mol. The quantitative estimate of drug-likeness (QED) is 0.730. The minimum Gasteiger partial charge on any atom is -0.481 e. The average Bonchev–Trinajstić information content (AvgIpc) is 2.21. The van der Waals surface area contributed by atoms with E-state index >= 15 is 0 Å². The molecule has 0 radical (unpaired) electrons. The lowest BCUT2D eigenvalue weighted by Crippen LogP contribution is -2.02. The fraction of sp³-hybridized carbons (Fsp3) is 0.500. The van der Waals surface area contributed by atoms with Crippen molar-refractivity contribution in [3.8, 4) is 11.8 Å². The van der Waals surface area contributed by atoms with Crippen LogP contribution in [0.25, 0.3) is 0 Å². The second kappa shape index (κ2) is 5.32. The van der Waals surface area contributed by atoms with Crippen LogP contribution >= 0.6 is 0 Å². The van der Waals surface area contributed by atoms with Gasteiger partial charge in [-0.25, -0.2) is 0 Å². The first-order chi connectivity index (χ1) is 6.77. The van der Waals surface area contributed by atoms with Gasteiger partial charge in [0.25, 0.3) is 0 Å². The van der Waals surface area contributed by atoms with E-state index in [1.54, 1.807) is 19.2 Å². The summed E-state index contributed by atoms with van der Waals surface area (Å²) in [6.07, 6.45) is 2.09. The minimum atomic E-state index is 0.456. The molecule has 1 heterocycles. The van der Waals surface area contributed by atoms with Gasteiger partial charge < -0.3 is 15.2 Å². The Morgan fingerprint density at radius 1 is 1.43 bits per heavy atom. The summed E-state index contributed by atoms with van der Waals surface area (Å²) in [4.78, 5) is 4.09. The summed E-state index contributed by atoms with van der Waals surface area (Å²) in [5.74, 6) is 0.975. The van der Waals surface area contributed by atoms with Gasteiger partial charge in [-0.3, -0.25) is 0 Å². The summed E-state index contributed by atoms with van der Waals surface area (Å²) in [5.41, 5.74) is 6.23. The van der Waals surface area contributed by atoms with E-state index < -0.39 is 0 Å². The van der Waals surface area contributed by atoms with Gasteiger partial charge in [0.2, 0.25) is 11.8 Å². The Kier molecular flexibility index (Phi) is 4.04. The molecule has 14 heavy (non-hydrogen) atoms. The highest BCUT2D eigenvalue weighted by atomic mass is 16.5. The molecule has 0 spiro atoms. The lowest BCUT2D eigenvalue weighted by Gasteiger charge is -2.08. The zero-order chi connectivity index (χ0) is 10.4. The van der Waals surface area contributed by atoms with E-state index in [1.807, 2.05) is 0 Å². The molecule has 1 aromatic rings. The predicted molar refractivity (Wildman–Crippen MR) is 55.6 cm³/mol. The van der Waals surface area contributed by atoms with Crippen LogP contribution in [0.2, 0.25) is 0 Å². The van der Waals surface area contributed by atoms with Crippen molar-refractivity contribution in [3.05, 3.63) is 12.1 Å². The SMILES string of the molecule is CCCCOc1nc(OC)ccc1N. The molecular weight excluding hydrogens is 180 g/mol. The van der Waals surface area contributed by atoms with E-state index in [4.69, 9.17) is 15.2 Å². The fourth-order valence-electron chi connectivity index (χ4n) is 0.977. The zero-order valence-electron chi connectivity index (χ0n) is 8.62.